The monoisotopic (exact) mass is 264 g/mol. The number of halogens is 3. The molecule has 0 fully saturated rings. The normalized spacial score (nSPS) is 15.2. The number of nitrogens with one attached hydrogen (secondary N) is 1. The van der Waals surface area contributed by atoms with Crippen LogP contribution in [0.4, 0.5) is 13.2 Å². The van der Waals surface area contributed by atoms with Crippen LogP contribution in [0.1, 0.15) is 25.2 Å². The van der Waals surface area contributed by atoms with Gasteiger partial charge >= 0.3 is 12.1 Å². The minimum Gasteiger partial charge on any atom is -0.464 e. The van der Waals surface area contributed by atoms with Crippen molar-refractivity contribution in [2.24, 2.45) is 5.73 Å². The molecule has 0 aliphatic rings. The molecule has 0 amide bonds. The summed E-state index contributed by atoms with van der Waals surface area (Å²) < 4.78 is 43.5. The average Bonchev–Trinajstić information content (AvgIpc) is 2.75. The molecule has 18 heavy (non-hydrogen) atoms. The van der Waals surface area contributed by atoms with Gasteiger partial charge in [0.25, 0.3) is 5.54 Å². The molecule has 4 nitrogen and oxygen atoms in total. The summed E-state index contributed by atoms with van der Waals surface area (Å²) in [4.78, 5) is 14.0. The molecular formula is C11H15F3N2O2. The molecule has 0 radical (unpaired) electrons. The van der Waals surface area contributed by atoms with E-state index in [1.807, 2.05) is 0 Å². The first-order chi connectivity index (χ1) is 8.27. The zero-order chi connectivity index (χ0) is 14.0. The third-order valence-corrected chi connectivity index (χ3v) is 2.60. The highest BCUT2D eigenvalue weighted by Gasteiger charge is 2.61. The molecule has 0 spiro atoms. The summed E-state index contributed by atoms with van der Waals surface area (Å²) in [7, 11) is 0. The van der Waals surface area contributed by atoms with Crippen molar-refractivity contribution in [2.45, 2.75) is 32.0 Å². The molecule has 1 aromatic rings. The van der Waals surface area contributed by atoms with Crippen molar-refractivity contribution in [3.63, 3.8) is 0 Å². The lowest BCUT2D eigenvalue weighted by Gasteiger charge is -2.28. The number of hydrogen-bond donors (Lipinski definition) is 2. The topological polar surface area (TPSA) is 68.1 Å². The van der Waals surface area contributed by atoms with E-state index in [2.05, 4.69) is 9.72 Å². The van der Waals surface area contributed by atoms with Gasteiger partial charge in [0.05, 0.1) is 12.3 Å². The summed E-state index contributed by atoms with van der Waals surface area (Å²) >= 11 is 0. The number of aromatic nitrogens is 1. The summed E-state index contributed by atoms with van der Waals surface area (Å²) in [5.41, 5.74) is 2.26. The highest BCUT2D eigenvalue weighted by atomic mass is 19.4. The van der Waals surface area contributed by atoms with Crippen molar-refractivity contribution in [3.05, 3.63) is 23.5 Å². The van der Waals surface area contributed by atoms with Crippen LogP contribution < -0.4 is 5.73 Å². The Morgan fingerprint density at radius 2 is 2.00 bits per heavy atom. The van der Waals surface area contributed by atoms with Gasteiger partial charge in [-0.05, 0) is 25.5 Å². The molecule has 1 heterocycles. The highest BCUT2D eigenvalue weighted by Crippen LogP contribution is 2.37. The van der Waals surface area contributed by atoms with Gasteiger partial charge < -0.3 is 15.5 Å². The van der Waals surface area contributed by atoms with Crippen LogP contribution in [0, 0.1) is 0 Å². The highest BCUT2D eigenvalue weighted by molar-refractivity contribution is 5.83. The summed E-state index contributed by atoms with van der Waals surface area (Å²) in [5, 5.41) is 0. The Balaban J connectivity index is 3.24. The predicted octanol–water partition coefficient (Wildman–Crippen LogP) is 1.86. The number of aromatic amines is 1. The largest absolute Gasteiger partial charge is 0.464 e. The van der Waals surface area contributed by atoms with Crippen molar-refractivity contribution in [1.29, 1.82) is 0 Å². The van der Waals surface area contributed by atoms with Crippen molar-refractivity contribution in [1.82, 2.24) is 4.98 Å². The van der Waals surface area contributed by atoms with Gasteiger partial charge in [-0.3, -0.25) is 0 Å². The van der Waals surface area contributed by atoms with Gasteiger partial charge in [-0.25, -0.2) is 4.79 Å². The first-order valence-corrected chi connectivity index (χ1v) is 5.48. The summed E-state index contributed by atoms with van der Waals surface area (Å²) in [6.07, 6.45) is -4.42. The van der Waals surface area contributed by atoms with Crippen molar-refractivity contribution < 1.29 is 22.7 Å². The Kier molecular flexibility index (Phi) is 4.05. The molecule has 0 bridgehead atoms. The van der Waals surface area contributed by atoms with Crippen LogP contribution in [0.3, 0.4) is 0 Å². The summed E-state index contributed by atoms with van der Waals surface area (Å²) in [5.74, 6) is -1.51. The molecule has 0 saturated carbocycles. The fraction of sp³-hybridized carbons (Fsp3) is 0.545. The molecule has 3 N–H and O–H groups in total. The lowest BCUT2D eigenvalue weighted by Crippen LogP contribution is -2.57. The van der Waals surface area contributed by atoms with Gasteiger partial charge in [-0.15, -0.1) is 0 Å². The number of rotatable bonds is 4. The average molecular weight is 264 g/mol. The van der Waals surface area contributed by atoms with E-state index in [0.29, 0.717) is 12.1 Å². The number of nitrogens with two attached hydrogens (primary N) is 1. The van der Waals surface area contributed by atoms with E-state index < -0.39 is 23.4 Å². The van der Waals surface area contributed by atoms with Gasteiger partial charge in [0.2, 0.25) is 0 Å². The number of ether oxygens (including phenoxy) is 1. The van der Waals surface area contributed by atoms with Crippen LogP contribution in [0.25, 0.3) is 0 Å². The van der Waals surface area contributed by atoms with Crippen molar-refractivity contribution in [2.75, 3.05) is 6.61 Å². The minimum atomic E-state index is -4.94. The van der Waals surface area contributed by atoms with Crippen LogP contribution in [-0.4, -0.2) is 23.7 Å². The van der Waals surface area contributed by atoms with Crippen LogP contribution >= 0.6 is 0 Å². The predicted molar refractivity (Wildman–Crippen MR) is 58.7 cm³/mol. The second-order valence-electron chi connectivity index (χ2n) is 3.78. The Hall–Kier alpha value is -1.50. The molecule has 1 aromatic heterocycles. The standard InChI is InChI=1S/C11H15F3N2O2/c1-3-7-5-6-8(16-7)10(15,11(12,13)14)9(17)18-4-2/h5-6,16H,3-4,15H2,1-2H3/t10-/m1/s1. The summed E-state index contributed by atoms with van der Waals surface area (Å²) in [6.45, 7) is 3.02. The molecule has 0 aromatic carbocycles. The van der Waals surface area contributed by atoms with Gasteiger partial charge in [0.1, 0.15) is 0 Å². The van der Waals surface area contributed by atoms with Gasteiger partial charge in [0, 0.05) is 5.69 Å². The van der Waals surface area contributed by atoms with E-state index in [1.54, 1.807) is 6.92 Å². The molecule has 7 heteroatoms. The molecule has 0 saturated heterocycles. The number of alkyl halides is 3. The Morgan fingerprint density at radius 1 is 1.39 bits per heavy atom. The maximum atomic E-state index is 13.0. The zero-order valence-electron chi connectivity index (χ0n) is 10.1. The third kappa shape index (κ3) is 2.35. The zero-order valence-corrected chi connectivity index (χ0v) is 10.1. The van der Waals surface area contributed by atoms with Crippen LogP contribution in [0.2, 0.25) is 0 Å². The van der Waals surface area contributed by atoms with Crippen LogP contribution in [0.5, 0.6) is 0 Å². The lowest BCUT2D eigenvalue weighted by atomic mass is 9.96. The van der Waals surface area contributed by atoms with E-state index in [1.165, 1.54) is 13.0 Å². The van der Waals surface area contributed by atoms with E-state index in [4.69, 9.17) is 5.73 Å². The molecular weight excluding hydrogens is 249 g/mol. The number of carbonyl (C=O) groups excluding carboxylic acids is 1. The van der Waals surface area contributed by atoms with E-state index in [0.717, 1.165) is 6.07 Å². The molecule has 102 valence electrons. The third-order valence-electron chi connectivity index (χ3n) is 2.60. The fourth-order valence-electron chi connectivity index (χ4n) is 1.50. The molecule has 0 aliphatic heterocycles. The number of aryl methyl sites for hydroxylation is 1. The first kappa shape index (κ1) is 14.6. The molecule has 0 aliphatic carbocycles. The number of H-pyrrole nitrogens is 1. The number of esters is 1. The van der Waals surface area contributed by atoms with Gasteiger partial charge in [-0.2, -0.15) is 13.2 Å². The van der Waals surface area contributed by atoms with E-state index in [-0.39, 0.29) is 6.61 Å². The maximum absolute atomic E-state index is 13.0. The molecule has 1 atom stereocenters. The lowest BCUT2D eigenvalue weighted by molar-refractivity contribution is -0.209. The van der Waals surface area contributed by atoms with E-state index in [9.17, 15) is 18.0 Å². The molecule has 1 rings (SSSR count). The Labute approximate surface area is 102 Å². The number of hydrogen-bond acceptors (Lipinski definition) is 3. The van der Waals surface area contributed by atoms with Crippen molar-refractivity contribution >= 4 is 5.97 Å². The number of carbonyl (C=O) groups is 1. The van der Waals surface area contributed by atoms with Gasteiger partial charge in [-0.1, -0.05) is 6.92 Å². The smallest absolute Gasteiger partial charge is 0.422 e. The SMILES string of the molecule is CCOC(=O)[C@](N)(c1ccc(CC)[nH]1)C(F)(F)F. The van der Waals surface area contributed by atoms with Gasteiger partial charge in [0.15, 0.2) is 0 Å². The minimum absolute atomic E-state index is 0.171. The quantitative estimate of drug-likeness (QED) is 0.815. The first-order valence-electron chi connectivity index (χ1n) is 5.48. The Bertz CT molecular complexity index is 428. The van der Waals surface area contributed by atoms with Crippen LogP contribution in [-0.2, 0) is 21.5 Å². The maximum Gasteiger partial charge on any atom is 0.422 e. The van der Waals surface area contributed by atoms with Crippen LogP contribution in [0.15, 0.2) is 12.1 Å². The fourth-order valence-corrected chi connectivity index (χ4v) is 1.50. The second kappa shape index (κ2) is 5.01. The van der Waals surface area contributed by atoms with E-state index >= 15 is 0 Å². The van der Waals surface area contributed by atoms with Crippen molar-refractivity contribution in [3.8, 4) is 0 Å². The second-order valence-corrected chi connectivity index (χ2v) is 3.78. The Morgan fingerprint density at radius 3 is 2.39 bits per heavy atom. The molecule has 0 unspecified atom stereocenters. The summed E-state index contributed by atoms with van der Waals surface area (Å²) in [6, 6.07) is 2.62.